The van der Waals surface area contributed by atoms with E-state index in [1.54, 1.807) is 0 Å². The lowest BCUT2D eigenvalue weighted by atomic mass is 9.93. The molecule has 128 heavy (non-hydrogen) atoms. The predicted octanol–water partition coefficient (Wildman–Crippen LogP) is 29.8. The maximum absolute atomic E-state index is 9.68. The summed E-state index contributed by atoms with van der Waals surface area (Å²) in [5.41, 5.74) is 29.3. The van der Waals surface area contributed by atoms with Gasteiger partial charge in [0.1, 0.15) is 0 Å². The zero-order chi connectivity index (χ0) is 85.0. The Kier molecular flexibility index (Phi) is 19.1. The molecule has 0 aliphatic rings. The van der Waals surface area contributed by atoms with Crippen LogP contribution < -0.4 is 0 Å². The van der Waals surface area contributed by atoms with E-state index in [1.165, 1.54) is 48.7 Å². The van der Waals surface area contributed by atoms with Crippen molar-refractivity contribution < 1.29 is 0 Å². The molecule has 596 valence electrons. The third-order valence-corrected chi connectivity index (χ3v) is 24.5. The van der Waals surface area contributed by atoms with Gasteiger partial charge in [0.05, 0.1) is 67.5 Å². The van der Waals surface area contributed by atoms with Gasteiger partial charge in [-0.3, -0.25) is 0 Å². The van der Waals surface area contributed by atoms with Crippen molar-refractivity contribution in [1.82, 2.24) is 44.0 Å². The van der Waals surface area contributed by atoms with E-state index in [0.717, 1.165) is 161 Å². The summed E-state index contributed by atoms with van der Waals surface area (Å²) < 4.78 is 4.72. The molecule has 24 rings (SSSR count). The number of nitrogens with zero attached hydrogens (tertiary/aromatic N) is 10. The lowest BCUT2D eigenvalue weighted by Gasteiger charge is -2.13. The number of pyridine rings is 2. The average Bonchev–Trinajstić information content (AvgIpc) is 1.56. The molecule has 0 saturated heterocycles. The Morgan fingerprint density at radius 1 is 0.203 bits per heavy atom. The standard InChI is InChI=1S/C62H39N5.C56H35N5/c1-3-15-44(16-4-1)60-64-61(66-62(65-60)46-37-31-42(32-38-46)54-39-47-17-7-8-20-49(47)50-21-9-10-22-51(50)54)45-35-29-41(30-36-45)40-27-33-43(34-28-40)58-59-57(52-23-11-13-25-55(52)63-58)53-24-12-14-26-56(53)67(59)48-18-5-2-6-19-48;57-36-37-13-11-17-44(33-37)50-35-51(45-18-12-16-43(34-45)38-14-3-1-4-15-38)60-56(59-50)42-31-27-40(28-32-42)39-25-29-41(30-26-39)54-55-53(47-21-7-9-23-49(47)58-54)48-22-8-10-24-52(48)61(55)46-19-5-2-6-20-46/h1-39H;1-35H. The Morgan fingerprint density at radius 2 is 0.531 bits per heavy atom. The van der Waals surface area contributed by atoms with Gasteiger partial charge in [0.15, 0.2) is 23.3 Å². The molecule has 10 heteroatoms. The Bertz CT molecular complexity index is 8440. The number of nitriles is 1. The van der Waals surface area contributed by atoms with Crippen molar-refractivity contribution in [2.45, 2.75) is 0 Å². The largest absolute Gasteiger partial charge is 0.307 e. The van der Waals surface area contributed by atoms with E-state index in [0.29, 0.717) is 28.9 Å². The van der Waals surface area contributed by atoms with Crippen molar-refractivity contribution in [2.75, 3.05) is 0 Å². The fraction of sp³-hybridized carbons (Fsp3) is 0. The minimum atomic E-state index is 0.583. The number of fused-ring (bicyclic) bond motifs is 13. The van der Waals surface area contributed by atoms with Gasteiger partial charge in [-0.2, -0.15) is 5.26 Å². The topological polar surface area (TPSA) is 124 Å². The highest BCUT2D eigenvalue weighted by atomic mass is 15.0. The molecule has 0 bridgehead atoms. The second-order valence-electron chi connectivity index (χ2n) is 32.1. The van der Waals surface area contributed by atoms with Crippen LogP contribution in [0.25, 0.3) is 233 Å². The summed E-state index contributed by atoms with van der Waals surface area (Å²) in [6.07, 6.45) is 0. The zero-order valence-electron chi connectivity index (χ0n) is 69.2. The molecule has 0 aliphatic carbocycles. The van der Waals surface area contributed by atoms with Gasteiger partial charge < -0.3 is 9.13 Å². The molecule has 0 radical (unpaired) electrons. The molecular weight excluding hydrogens is 1560 g/mol. The van der Waals surface area contributed by atoms with Gasteiger partial charge in [-0.15, -0.1) is 0 Å². The highest BCUT2D eigenvalue weighted by Crippen LogP contribution is 2.46. The third-order valence-electron chi connectivity index (χ3n) is 24.5. The minimum absolute atomic E-state index is 0.583. The molecular formula is C118H74N10. The molecule has 10 nitrogen and oxygen atoms in total. The third kappa shape index (κ3) is 13.9. The van der Waals surface area contributed by atoms with Crippen LogP contribution >= 0.6 is 0 Å². The second-order valence-corrected chi connectivity index (χ2v) is 32.1. The van der Waals surface area contributed by atoms with E-state index in [-0.39, 0.29) is 0 Å². The van der Waals surface area contributed by atoms with Crippen LogP contribution in [0.1, 0.15) is 5.56 Å². The van der Waals surface area contributed by atoms with Crippen LogP contribution in [-0.4, -0.2) is 44.0 Å². The number of para-hydroxylation sites is 6. The number of benzene rings is 18. The summed E-state index contributed by atoms with van der Waals surface area (Å²) in [6.45, 7) is 0. The molecule has 0 amide bonds. The maximum atomic E-state index is 9.68. The minimum Gasteiger partial charge on any atom is -0.307 e. The first kappa shape index (κ1) is 75.4. The monoisotopic (exact) mass is 1630 g/mol. The van der Waals surface area contributed by atoms with Crippen LogP contribution in [0.15, 0.2) is 449 Å². The summed E-state index contributed by atoms with van der Waals surface area (Å²) in [4.78, 5) is 36.1. The van der Waals surface area contributed by atoms with Gasteiger partial charge >= 0.3 is 0 Å². The molecule has 18 aromatic carbocycles. The lowest BCUT2D eigenvalue weighted by molar-refractivity contribution is 1.07. The molecule has 6 aromatic heterocycles. The zero-order valence-corrected chi connectivity index (χ0v) is 69.2. The van der Waals surface area contributed by atoms with Crippen LogP contribution in [0.4, 0.5) is 0 Å². The number of rotatable bonds is 14. The highest BCUT2D eigenvalue weighted by Gasteiger charge is 2.25. The van der Waals surface area contributed by atoms with Crippen molar-refractivity contribution in [3.05, 3.63) is 454 Å². The van der Waals surface area contributed by atoms with Crippen LogP contribution in [0, 0.1) is 11.3 Å². The first-order chi connectivity index (χ1) is 63.4. The number of hydrogen-bond acceptors (Lipinski definition) is 8. The van der Waals surface area contributed by atoms with E-state index in [4.69, 9.17) is 34.9 Å². The molecule has 0 spiro atoms. The summed E-state index contributed by atoms with van der Waals surface area (Å²) in [5, 5.41) is 21.8. The summed E-state index contributed by atoms with van der Waals surface area (Å²) in [6, 6.07) is 159. The summed E-state index contributed by atoms with van der Waals surface area (Å²) in [7, 11) is 0. The molecule has 0 fully saturated rings. The lowest BCUT2D eigenvalue weighted by Crippen LogP contribution is -2.00. The molecule has 0 N–H and O–H groups in total. The Labute approximate surface area is 738 Å². The van der Waals surface area contributed by atoms with E-state index >= 15 is 0 Å². The van der Waals surface area contributed by atoms with E-state index in [2.05, 4.69) is 397 Å². The van der Waals surface area contributed by atoms with Gasteiger partial charge in [0, 0.05) is 88.2 Å². The van der Waals surface area contributed by atoms with Gasteiger partial charge in [-0.1, -0.05) is 370 Å². The van der Waals surface area contributed by atoms with Crippen molar-refractivity contribution >= 4 is 87.0 Å². The number of hydrogen-bond donors (Lipinski definition) is 0. The van der Waals surface area contributed by atoms with E-state index in [9.17, 15) is 5.26 Å². The Balaban J connectivity index is 0.000000147. The highest BCUT2D eigenvalue weighted by molar-refractivity contribution is 6.25. The first-order valence-corrected chi connectivity index (χ1v) is 43.0. The van der Waals surface area contributed by atoms with Crippen LogP contribution in [0.2, 0.25) is 0 Å². The van der Waals surface area contributed by atoms with Crippen LogP contribution in [-0.2, 0) is 0 Å². The molecule has 6 heterocycles. The summed E-state index contributed by atoms with van der Waals surface area (Å²) >= 11 is 0. The smallest absolute Gasteiger partial charge is 0.164 e. The van der Waals surface area contributed by atoms with Crippen LogP contribution in [0.5, 0.6) is 0 Å². The molecule has 24 aromatic rings. The van der Waals surface area contributed by atoms with Crippen molar-refractivity contribution in [3.63, 3.8) is 0 Å². The Morgan fingerprint density at radius 3 is 1.01 bits per heavy atom. The van der Waals surface area contributed by atoms with Crippen molar-refractivity contribution in [2.24, 2.45) is 0 Å². The SMILES string of the molecule is N#Cc1cccc(-c2cc(-c3cccc(-c4ccccc4)c3)nc(-c3ccc(-c4ccc(-c5nc6ccccc6c6c7ccccc7n(-c7ccccc7)c56)cc4)cc3)n2)c1.c1ccc(-c2nc(-c3ccc(-c4ccc(-c5nc6ccccc6c6c7ccccc7n(-c7ccccc7)c56)cc4)cc3)nc(-c3ccc(-c4cc5ccccc5c5ccccc45)cc3)n2)cc1. The fourth-order valence-electron chi connectivity index (χ4n) is 18.3. The predicted molar refractivity (Wildman–Crippen MR) is 526 cm³/mol. The fourth-order valence-corrected chi connectivity index (χ4v) is 18.3. The van der Waals surface area contributed by atoms with Crippen molar-refractivity contribution in [1.29, 1.82) is 5.26 Å². The molecule has 0 aliphatic heterocycles. The van der Waals surface area contributed by atoms with E-state index < -0.39 is 0 Å². The van der Waals surface area contributed by atoms with Gasteiger partial charge in [0.25, 0.3) is 0 Å². The molecule has 0 saturated carbocycles. The maximum Gasteiger partial charge on any atom is 0.164 e. The van der Waals surface area contributed by atoms with Gasteiger partial charge in [-0.05, 0) is 145 Å². The van der Waals surface area contributed by atoms with Crippen molar-refractivity contribution in [3.8, 4) is 153 Å². The van der Waals surface area contributed by atoms with Gasteiger partial charge in [0.2, 0.25) is 0 Å². The Hall–Kier alpha value is -17.5. The summed E-state index contributed by atoms with van der Waals surface area (Å²) in [5.74, 6) is 2.49. The molecule has 0 unspecified atom stereocenters. The molecule has 0 atom stereocenters. The van der Waals surface area contributed by atoms with Crippen LogP contribution in [0.3, 0.4) is 0 Å². The number of aromatic nitrogens is 9. The average molecular weight is 1630 g/mol. The first-order valence-electron chi connectivity index (χ1n) is 43.0. The van der Waals surface area contributed by atoms with Gasteiger partial charge in [-0.25, -0.2) is 34.9 Å². The second kappa shape index (κ2) is 32.4. The quantitative estimate of drug-likeness (QED) is 0.0986. The normalized spacial score (nSPS) is 11.4. The van der Waals surface area contributed by atoms with E-state index in [1.807, 2.05) is 66.7 Å².